The molecule has 4 N–H and O–H groups in total. The summed E-state index contributed by atoms with van der Waals surface area (Å²) in [4.78, 5) is 9.99. The molecule has 0 radical (unpaired) electrons. The van der Waals surface area contributed by atoms with Gasteiger partial charge in [-0.25, -0.2) is 9.10 Å². The lowest BCUT2D eigenvalue weighted by Gasteiger charge is -2.07. The lowest BCUT2D eigenvalue weighted by atomic mass is 11.1. The number of amidine groups is 1. The van der Waals surface area contributed by atoms with E-state index in [-0.39, 0.29) is 5.17 Å². The van der Waals surface area contributed by atoms with Crippen molar-refractivity contribution in [1.82, 2.24) is 4.31 Å². The van der Waals surface area contributed by atoms with Crippen LogP contribution < -0.4 is 5.73 Å². The molecule has 0 aromatic heterocycles. The van der Waals surface area contributed by atoms with E-state index in [9.17, 15) is 4.79 Å². The highest BCUT2D eigenvalue weighted by Crippen LogP contribution is 2.03. The van der Waals surface area contributed by atoms with Crippen molar-refractivity contribution in [3.63, 3.8) is 0 Å². The Bertz CT molecular complexity index is 137. The number of amides is 1. The van der Waals surface area contributed by atoms with Gasteiger partial charge in [-0.15, -0.1) is 0 Å². The molecule has 52 valence electrons. The first kappa shape index (κ1) is 8.09. The fraction of sp³-hybridized carbons (Fsp3) is 0.333. The highest BCUT2D eigenvalue weighted by atomic mass is 32.2. The van der Waals surface area contributed by atoms with Gasteiger partial charge >= 0.3 is 6.09 Å². The summed E-state index contributed by atoms with van der Waals surface area (Å²) in [6.07, 6.45) is -1.12. The summed E-state index contributed by atoms with van der Waals surface area (Å²) in [5, 5.41) is 14.6. The lowest BCUT2D eigenvalue weighted by molar-refractivity contribution is 0.181. The molecule has 0 aromatic carbocycles. The molecular formula is C3H7N3O2S. The molecule has 0 unspecified atom stereocenters. The zero-order valence-electron chi connectivity index (χ0n) is 4.79. The average Bonchev–Trinajstić information content (AvgIpc) is 1.63. The van der Waals surface area contributed by atoms with Gasteiger partial charge in [0, 0.05) is 19.0 Å². The maximum Gasteiger partial charge on any atom is 0.417 e. The molecule has 0 spiro atoms. The highest BCUT2D eigenvalue weighted by Gasteiger charge is 2.05. The first-order valence-electron chi connectivity index (χ1n) is 2.02. The molecular weight excluding hydrogens is 142 g/mol. The maximum absolute atomic E-state index is 9.99. The molecule has 0 saturated carbocycles. The van der Waals surface area contributed by atoms with Crippen molar-refractivity contribution >= 4 is 23.2 Å². The van der Waals surface area contributed by atoms with Crippen molar-refractivity contribution in [3.8, 4) is 0 Å². The molecule has 9 heavy (non-hydrogen) atoms. The summed E-state index contributed by atoms with van der Waals surface area (Å²) in [5.74, 6) is 0. The zero-order valence-corrected chi connectivity index (χ0v) is 5.60. The molecule has 0 aromatic rings. The molecule has 0 aliphatic rings. The molecule has 0 aliphatic carbocycles. The van der Waals surface area contributed by atoms with Crippen LogP contribution in [0.5, 0.6) is 0 Å². The van der Waals surface area contributed by atoms with Crippen molar-refractivity contribution in [2.75, 3.05) is 7.05 Å². The van der Waals surface area contributed by atoms with Gasteiger partial charge in [0.2, 0.25) is 0 Å². The Kier molecular flexibility index (Phi) is 2.86. The van der Waals surface area contributed by atoms with Gasteiger partial charge < -0.3 is 10.8 Å². The molecule has 6 heteroatoms. The van der Waals surface area contributed by atoms with E-state index in [0.29, 0.717) is 11.9 Å². The van der Waals surface area contributed by atoms with Gasteiger partial charge in [-0.1, -0.05) is 0 Å². The number of hydrogen-bond acceptors (Lipinski definition) is 3. The quantitative estimate of drug-likeness (QED) is 0.259. The highest BCUT2D eigenvalue weighted by molar-refractivity contribution is 8.12. The largest absolute Gasteiger partial charge is 0.464 e. The third kappa shape index (κ3) is 3.65. The number of nitrogens with one attached hydrogen (secondary N) is 1. The van der Waals surface area contributed by atoms with Gasteiger partial charge in [-0.05, 0) is 0 Å². The minimum absolute atomic E-state index is 0.236. The summed E-state index contributed by atoms with van der Waals surface area (Å²) in [7, 11) is 1.31. The Morgan fingerprint density at radius 3 is 2.44 bits per heavy atom. The number of nitrogens with two attached hydrogens (primary N) is 1. The van der Waals surface area contributed by atoms with Gasteiger partial charge in [0.1, 0.15) is 0 Å². The van der Waals surface area contributed by atoms with E-state index in [1.165, 1.54) is 7.05 Å². The van der Waals surface area contributed by atoms with Crippen LogP contribution in [-0.2, 0) is 0 Å². The lowest BCUT2D eigenvalue weighted by Crippen LogP contribution is -2.21. The molecule has 0 aliphatic heterocycles. The van der Waals surface area contributed by atoms with E-state index in [1.807, 2.05) is 0 Å². The van der Waals surface area contributed by atoms with E-state index in [2.05, 4.69) is 0 Å². The van der Waals surface area contributed by atoms with E-state index in [1.54, 1.807) is 0 Å². The molecule has 0 atom stereocenters. The van der Waals surface area contributed by atoms with Gasteiger partial charge in [-0.3, -0.25) is 5.41 Å². The number of carboxylic acid groups (broad SMARTS) is 1. The summed E-state index contributed by atoms with van der Waals surface area (Å²) in [6, 6.07) is 0. The van der Waals surface area contributed by atoms with Crippen LogP contribution in [0.15, 0.2) is 0 Å². The Morgan fingerprint density at radius 1 is 1.89 bits per heavy atom. The molecule has 0 heterocycles. The molecule has 0 fully saturated rings. The molecule has 5 nitrogen and oxygen atoms in total. The second kappa shape index (κ2) is 3.18. The van der Waals surface area contributed by atoms with Crippen LogP contribution in [0, 0.1) is 5.41 Å². The van der Waals surface area contributed by atoms with Crippen molar-refractivity contribution in [2.24, 2.45) is 5.73 Å². The fourth-order valence-corrected chi connectivity index (χ4v) is 0.560. The molecule has 0 bridgehead atoms. The standard InChI is InChI=1S/C3H7N3O2S/c1-6(3(7)8)9-2(4)5/h1H3,(H3,4,5)(H,7,8). The minimum atomic E-state index is -1.12. The van der Waals surface area contributed by atoms with Crippen molar-refractivity contribution < 1.29 is 9.90 Å². The summed E-state index contributed by atoms with van der Waals surface area (Å²) >= 11 is 0.657. The third-order valence-electron chi connectivity index (χ3n) is 0.505. The van der Waals surface area contributed by atoms with Gasteiger partial charge in [-0.2, -0.15) is 0 Å². The second-order valence-corrected chi connectivity index (χ2v) is 2.41. The van der Waals surface area contributed by atoms with Gasteiger partial charge in [0.25, 0.3) is 0 Å². The minimum Gasteiger partial charge on any atom is -0.464 e. The summed E-state index contributed by atoms with van der Waals surface area (Å²) in [5.41, 5.74) is 4.87. The van der Waals surface area contributed by atoms with Crippen LogP contribution in [-0.4, -0.2) is 27.7 Å². The van der Waals surface area contributed by atoms with Crippen LogP contribution in [0.2, 0.25) is 0 Å². The smallest absolute Gasteiger partial charge is 0.417 e. The second-order valence-electron chi connectivity index (χ2n) is 1.24. The summed E-state index contributed by atoms with van der Waals surface area (Å²) < 4.78 is 0.850. The first-order valence-corrected chi connectivity index (χ1v) is 2.80. The Labute approximate surface area is 56.5 Å². The normalized spacial score (nSPS) is 8.56. The van der Waals surface area contributed by atoms with Gasteiger partial charge in [0.15, 0.2) is 5.17 Å². The van der Waals surface area contributed by atoms with E-state index in [0.717, 1.165) is 4.31 Å². The van der Waals surface area contributed by atoms with Crippen molar-refractivity contribution in [3.05, 3.63) is 0 Å². The average molecular weight is 149 g/mol. The van der Waals surface area contributed by atoms with Crippen molar-refractivity contribution in [2.45, 2.75) is 0 Å². The van der Waals surface area contributed by atoms with Crippen LogP contribution in [0.3, 0.4) is 0 Å². The fourth-order valence-electron chi connectivity index (χ4n) is 0.187. The zero-order chi connectivity index (χ0) is 7.44. The van der Waals surface area contributed by atoms with E-state index < -0.39 is 6.09 Å². The monoisotopic (exact) mass is 149 g/mol. The molecule has 0 saturated heterocycles. The molecule has 1 amide bonds. The van der Waals surface area contributed by atoms with Crippen molar-refractivity contribution in [1.29, 1.82) is 5.41 Å². The van der Waals surface area contributed by atoms with E-state index in [4.69, 9.17) is 16.2 Å². The maximum atomic E-state index is 9.99. The predicted molar refractivity (Wildman–Crippen MR) is 35.3 cm³/mol. The SMILES string of the molecule is CN(SC(=N)N)C(=O)O. The number of rotatable bonds is 0. The van der Waals surface area contributed by atoms with E-state index >= 15 is 0 Å². The topological polar surface area (TPSA) is 90.4 Å². The number of carbonyl (C=O) groups is 1. The first-order chi connectivity index (χ1) is 4.04. The van der Waals surface area contributed by atoms with Gasteiger partial charge in [0.05, 0.1) is 0 Å². The molecule has 0 rings (SSSR count). The predicted octanol–water partition coefficient (Wildman–Crippen LogP) is 0.138. The number of nitrogens with zero attached hydrogens (tertiary/aromatic N) is 1. The van der Waals surface area contributed by atoms with Crippen LogP contribution >= 0.6 is 11.9 Å². The number of hydrogen-bond donors (Lipinski definition) is 3. The third-order valence-corrected chi connectivity index (χ3v) is 1.13. The Hall–Kier alpha value is -0.910. The Morgan fingerprint density at radius 2 is 2.33 bits per heavy atom. The van der Waals surface area contributed by atoms with Crippen LogP contribution in [0.1, 0.15) is 0 Å². The Balaban J connectivity index is 3.63. The van der Waals surface area contributed by atoms with Crippen LogP contribution in [0.4, 0.5) is 4.79 Å². The van der Waals surface area contributed by atoms with Crippen LogP contribution in [0.25, 0.3) is 0 Å². The summed E-state index contributed by atoms with van der Waals surface area (Å²) in [6.45, 7) is 0.